The molecule has 114 valence electrons. The number of benzene rings is 1. The van der Waals surface area contributed by atoms with Crippen LogP contribution in [0.15, 0.2) is 16.6 Å². The predicted octanol–water partition coefficient (Wildman–Crippen LogP) is 2.21. The van der Waals surface area contributed by atoms with Gasteiger partial charge in [0.1, 0.15) is 11.4 Å². The van der Waals surface area contributed by atoms with Crippen LogP contribution in [0.2, 0.25) is 0 Å². The molecule has 0 radical (unpaired) electrons. The molecule has 1 heterocycles. The van der Waals surface area contributed by atoms with E-state index in [2.05, 4.69) is 15.9 Å². The third-order valence-corrected chi connectivity index (χ3v) is 5.13. The molecule has 1 saturated heterocycles. The average Bonchev–Trinajstić information content (AvgIpc) is 2.86. The number of methoxy groups -OCH3 is 1. The number of carboxylic acid groups (broad SMARTS) is 1. The molecule has 21 heavy (non-hydrogen) atoms. The van der Waals surface area contributed by atoms with Gasteiger partial charge < -0.3 is 19.8 Å². The second-order valence-electron chi connectivity index (χ2n) is 4.52. The zero-order valence-electron chi connectivity index (χ0n) is 11.4. The number of phenolic OH excluding ortho intramolecular Hbond substituents is 1. The number of hydrogen-bond acceptors (Lipinski definition) is 5. The lowest BCUT2D eigenvalue weighted by Gasteiger charge is -2.26. The number of hydrogen-bond donors (Lipinski definition) is 2. The Morgan fingerprint density at radius 1 is 1.48 bits per heavy atom. The van der Waals surface area contributed by atoms with Crippen LogP contribution in [0, 0.1) is 0 Å². The third-order valence-electron chi connectivity index (χ3n) is 3.20. The minimum Gasteiger partial charge on any atom is -0.503 e. The molecule has 0 saturated carbocycles. The fourth-order valence-electron chi connectivity index (χ4n) is 2.23. The zero-order valence-corrected chi connectivity index (χ0v) is 13.8. The largest absolute Gasteiger partial charge is 0.503 e. The average molecular weight is 376 g/mol. The number of thioether (sulfide) groups is 1. The fraction of sp³-hybridized carbons (Fsp3) is 0.385. The van der Waals surface area contributed by atoms with E-state index in [-0.39, 0.29) is 17.4 Å². The van der Waals surface area contributed by atoms with Crippen molar-refractivity contribution in [2.24, 2.45) is 0 Å². The van der Waals surface area contributed by atoms with Gasteiger partial charge in [-0.05, 0) is 33.6 Å². The Hall–Kier alpha value is -1.41. The van der Waals surface area contributed by atoms with Gasteiger partial charge in [-0.15, -0.1) is 11.8 Å². The van der Waals surface area contributed by atoms with Gasteiger partial charge in [-0.3, -0.25) is 4.79 Å². The molecule has 0 aromatic heterocycles. The second kappa shape index (κ2) is 6.15. The molecule has 2 unspecified atom stereocenters. The summed E-state index contributed by atoms with van der Waals surface area (Å²) >= 11 is 4.60. The highest BCUT2D eigenvalue weighted by Crippen LogP contribution is 2.45. The zero-order chi connectivity index (χ0) is 15.7. The highest BCUT2D eigenvalue weighted by atomic mass is 79.9. The lowest BCUT2D eigenvalue weighted by Crippen LogP contribution is -2.41. The van der Waals surface area contributed by atoms with Crippen molar-refractivity contribution in [2.75, 3.05) is 12.9 Å². The first-order valence-electron chi connectivity index (χ1n) is 6.06. The number of aromatic hydroxyl groups is 1. The van der Waals surface area contributed by atoms with E-state index >= 15 is 0 Å². The van der Waals surface area contributed by atoms with E-state index in [1.807, 2.05) is 0 Å². The van der Waals surface area contributed by atoms with Crippen molar-refractivity contribution < 1.29 is 24.5 Å². The summed E-state index contributed by atoms with van der Waals surface area (Å²) in [6, 6.07) is 2.42. The summed E-state index contributed by atoms with van der Waals surface area (Å²) in [4.78, 5) is 24.4. The van der Waals surface area contributed by atoms with E-state index in [0.717, 1.165) is 0 Å². The van der Waals surface area contributed by atoms with Gasteiger partial charge in [0.25, 0.3) is 0 Å². The van der Waals surface area contributed by atoms with Crippen molar-refractivity contribution in [3.05, 3.63) is 22.2 Å². The predicted molar refractivity (Wildman–Crippen MR) is 81.5 cm³/mol. The van der Waals surface area contributed by atoms with Crippen molar-refractivity contribution in [1.82, 2.24) is 4.90 Å². The Morgan fingerprint density at radius 2 is 2.14 bits per heavy atom. The maximum atomic E-state index is 11.8. The first-order chi connectivity index (χ1) is 9.86. The number of phenols is 1. The minimum absolute atomic E-state index is 0.0339. The van der Waals surface area contributed by atoms with E-state index in [9.17, 15) is 19.8 Å². The highest BCUT2D eigenvalue weighted by molar-refractivity contribution is 9.10. The number of halogens is 1. The van der Waals surface area contributed by atoms with Crippen molar-refractivity contribution in [3.63, 3.8) is 0 Å². The summed E-state index contributed by atoms with van der Waals surface area (Å²) in [5.41, 5.74) is 0.695. The molecule has 1 aromatic rings. The quantitative estimate of drug-likeness (QED) is 0.841. The molecule has 1 aliphatic heterocycles. The monoisotopic (exact) mass is 375 g/mol. The molecule has 0 aliphatic carbocycles. The summed E-state index contributed by atoms with van der Waals surface area (Å²) in [7, 11) is 1.43. The number of carboxylic acids is 1. The lowest BCUT2D eigenvalue weighted by molar-refractivity contribution is -0.148. The maximum absolute atomic E-state index is 11.8. The highest BCUT2D eigenvalue weighted by Gasteiger charge is 2.41. The molecule has 1 amide bonds. The van der Waals surface area contributed by atoms with Crippen LogP contribution in [0.3, 0.4) is 0 Å². The summed E-state index contributed by atoms with van der Waals surface area (Å²) in [6.45, 7) is 1.35. The molecule has 2 rings (SSSR count). The number of carbonyl (C=O) groups is 2. The van der Waals surface area contributed by atoms with Gasteiger partial charge in [0.2, 0.25) is 5.91 Å². The molecule has 8 heteroatoms. The molecule has 1 aliphatic rings. The summed E-state index contributed by atoms with van der Waals surface area (Å²) in [5.74, 6) is -0.776. The molecule has 1 fully saturated rings. The van der Waals surface area contributed by atoms with E-state index in [1.54, 1.807) is 12.1 Å². The van der Waals surface area contributed by atoms with E-state index < -0.39 is 17.4 Å². The first kappa shape index (κ1) is 16.0. The van der Waals surface area contributed by atoms with Crippen LogP contribution in [0.5, 0.6) is 11.5 Å². The SMILES string of the molecule is COc1cc(C2SCC(C(=O)O)N2C(C)=O)cc(Br)c1O. The van der Waals surface area contributed by atoms with Crippen LogP contribution in [0.4, 0.5) is 0 Å². The summed E-state index contributed by atoms with van der Waals surface area (Å²) < 4.78 is 5.52. The maximum Gasteiger partial charge on any atom is 0.327 e. The van der Waals surface area contributed by atoms with E-state index in [4.69, 9.17) is 4.74 Å². The van der Waals surface area contributed by atoms with Crippen LogP contribution in [-0.2, 0) is 9.59 Å². The number of amides is 1. The van der Waals surface area contributed by atoms with Crippen molar-refractivity contribution in [2.45, 2.75) is 18.3 Å². The number of aliphatic carboxylic acids is 1. The Morgan fingerprint density at radius 3 is 2.67 bits per heavy atom. The Balaban J connectivity index is 2.44. The lowest BCUT2D eigenvalue weighted by atomic mass is 10.1. The van der Waals surface area contributed by atoms with Gasteiger partial charge in [0.05, 0.1) is 11.6 Å². The van der Waals surface area contributed by atoms with E-state index in [0.29, 0.717) is 15.8 Å². The molecule has 6 nitrogen and oxygen atoms in total. The van der Waals surface area contributed by atoms with Crippen LogP contribution in [0.1, 0.15) is 17.9 Å². The van der Waals surface area contributed by atoms with Crippen LogP contribution >= 0.6 is 27.7 Å². The smallest absolute Gasteiger partial charge is 0.327 e. The fourth-order valence-corrected chi connectivity index (χ4v) is 4.14. The Labute approximate surface area is 134 Å². The van der Waals surface area contributed by atoms with Gasteiger partial charge in [0, 0.05) is 12.7 Å². The van der Waals surface area contributed by atoms with Crippen LogP contribution < -0.4 is 4.74 Å². The second-order valence-corrected chi connectivity index (χ2v) is 6.49. The molecule has 0 bridgehead atoms. The van der Waals surface area contributed by atoms with Gasteiger partial charge in [0.15, 0.2) is 11.5 Å². The number of nitrogens with zero attached hydrogens (tertiary/aromatic N) is 1. The molecule has 0 spiro atoms. The number of carbonyl (C=O) groups excluding carboxylic acids is 1. The Kier molecular flexibility index (Phi) is 4.67. The summed E-state index contributed by atoms with van der Waals surface area (Å²) in [6.07, 6.45) is 0. The van der Waals surface area contributed by atoms with Crippen LogP contribution in [-0.4, -0.2) is 45.9 Å². The normalized spacial score (nSPS) is 21.4. The van der Waals surface area contributed by atoms with Gasteiger partial charge in [-0.2, -0.15) is 0 Å². The third kappa shape index (κ3) is 2.96. The Bertz CT molecular complexity index is 594. The topological polar surface area (TPSA) is 87.1 Å². The first-order valence-corrected chi connectivity index (χ1v) is 7.90. The van der Waals surface area contributed by atoms with Gasteiger partial charge in [-0.1, -0.05) is 0 Å². The molecular formula is C13H14BrNO5S. The number of ether oxygens (including phenoxy) is 1. The van der Waals surface area contributed by atoms with Crippen molar-refractivity contribution in [3.8, 4) is 11.5 Å². The van der Waals surface area contributed by atoms with Crippen LogP contribution in [0.25, 0.3) is 0 Å². The van der Waals surface area contributed by atoms with Gasteiger partial charge in [-0.25, -0.2) is 4.79 Å². The van der Waals surface area contributed by atoms with E-state index in [1.165, 1.54) is 30.7 Å². The summed E-state index contributed by atoms with van der Waals surface area (Å²) in [5, 5.41) is 18.6. The molecule has 2 N–H and O–H groups in total. The standard InChI is InChI=1S/C13H14BrNO5S/c1-6(16)15-9(13(18)19)5-21-12(15)7-3-8(14)11(17)10(4-7)20-2/h3-4,9,12,17H,5H2,1-2H3,(H,18,19). The van der Waals surface area contributed by atoms with Crippen molar-refractivity contribution in [1.29, 1.82) is 0 Å². The molecular weight excluding hydrogens is 362 g/mol. The van der Waals surface area contributed by atoms with Gasteiger partial charge >= 0.3 is 5.97 Å². The molecule has 1 aromatic carbocycles. The minimum atomic E-state index is -1.02. The van der Waals surface area contributed by atoms with Crippen molar-refractivity contribution >= 4 is 39.6 Å². The number of rotatable bonds is 3. The molecule has 2 atom stereocenters.